The Morgan fingerprint density at radius 3 is 2.00 bits per heavy atom. The predicted octanol–water partition coefficient (Wildman–Crippen LogP) is 3.27. The number of hydrogen-bond acceptors (Lipinski definition) is 0. The molecule has 46 valence electrons. The van der Waals surface area contributed by atoms with E-state index in [2.05, 4.69) is 0 Å². The Kier molecular flexibility index (Phi) is 4.02. The highest BCUT2D eigenvalue weighted by Gasteiger charge is 1.84. The molecule has 0 aromatic carbocycles. The zero-order valence-corrected chi connectivity index (χ0v) is 6.42. The van der Waals surface area contributed by atoms with Crippen molar-refractivity contribution in [2.75, 3.05) is 0 Å². The molecule has 2 heteroatoms. The van der Waals surface area contributed by atoms with Crippen LogP contribution in [0.3, 0.4) is 0 Å². The van der Waals surface area contributed by atoms with Crippen molar-refractivity contribution in [1.82, 2.24) is 0 Å². The van der Waals surface area contributed by atoms with E-state index in [1.54, 1.807) is 6.08 Å². The van der Waals surface area contributed by atoms with Crippen LogP contribution in [0.5, 0.6) is 0 Å². The van der Waals surface area contributed by atoms with E-state index in [0.717, 1.165) is 5.57 Å². The summed E-state index contributed by atoms with van der Waals surface area (Å²) in [6, 6.07) is 0. The van der Waals surface area contributed by atoms with Crippen LogP contribution in [0.2, 0.25) is 0 Å². The third-order valence-corrected chi connectivity index (χ3v) is 1.32. The molecule has 0 heterocycles. The van der Waals surface area contributed by atoms with Crippen molar-refractivity contribution in [2.45, 2.75) is 13.8 Å². The number of halogens is 2. The lowest BCUT2D eigenvalue weighted by Crippen LogP contribution is -1.66. The highest BCUT2D eigenvalue weighted by atomic mass is 35.5. The van der Waals surface area contributed by atoms with Crippen molar-refractivity contribution in [3.63, 3.8) is 0 Å². The van der Waals surface area contributed by atoms with Crippen LogP contribution in [0.15, 0.2) is 22.2 Å². The van der Waals surface area contributed by atoms with Crippen molar-refractivity contribution in [1.29, 1.82) is 0 Å². The Hall–Kier alpha value is 0.0600. The lowest BCUT2D eigenvalue weighted by molar-refractivity contribution is 1.38. The van der Waals surface area contributed by atoms with Crippen LogP contribution in [-0.2, 0) is 0 Å². The Balaban J connectivity index is 4.00. The zero-order valence-electron chi connectivity index (χ0n) is 4.91. The molecule has 0 unspecified atom stereocenters. The van der Waals surface area contributed by atoms with Crippen molar-refractivity contribution >= 4 is 23.2 Å². The summed E-state index contributed by atoms with van der Waals surface area (Å²) < 4.78 is 0. The molecule has 0 spiro atoms. The van der Waals surface area contributed by atoms with Crippen molar-refractivity contribution < 1.29 is 0 Å². The standard InChI is InChI=1S/C6H8Cl2/c1-5(2)6(8)3-4-7/h3-4H,1-2H3. The van der Waals surface area contributed by atoms with Crippen LogP contribution in [0.1, 0.15) is 13.8 Å². The van der Waals surface area contributed by atoms with Gasteiger partial charge in [-0.1, -0.05) is 28.8 Å². The second-order valence-corrected chi connectivity index (χ2v) is 2.30. The van der Waals surface area contributed by atoms with Gasteiger partial charge in [0.05, 0.1) is 0 Å². The molecule has 8 heavy (non-hydrogen) atoms. The van der Waals surface area contributed by atoms with Crippen molar-refractivity contribution in [3.8, 4) is 0 Å². The van der Waals surface area contributed by atoms with Gasteiger partial charge in [0.25, 0.3) is 0 Å². The fourth-order valence-corrected chi connectivity index (χ4v) is 0.475. The van der Waals surface area contributed by atoms with Gasteiger partial charge in [-0.2, -0.15) is 0 Å². The van der Waals surface area contributed by atoms with Crippen LogP contribution < -0.4 is 0 Å². The van der Waals surface area contributed by atoms with Gasteiger partial charge in [-0.3, -0.25) is 0 Å². The lowest BCUT2D eigenvalue weighted by Gasteiger charge is -1.88. The van der Waals surface area contributed by atoms with Gasteiger partial charge >= 0.3 is 0 Å². The van der Waals surface area contributed by atoms with Gasteiger partial charge in [-0.25, -0.2) is 0 Å². The second-order valence-electron chi connectivity index (χ2n) is 1.64. The molecule has 0 amide bonds. The molecular formula is C6H8Cl2. The van der Waals surface area contributed by atoms with Crippen LogP contribution >= 0.6 is 23.2 Å². The molecule has 0 saturated carbocycles. The molecule has 0 saturated heterocycles. The lowest BCUT2D eigenvalue weighted by atomic mass is 10.3. The Morgan fingerprint density at radius 1 is 1.38 bits per heavy atom. The number of allylic oxidation sites excluding steroid dienone is 3. The molecule has 0 aliphatic rings. The molecule has 0 radical (unpaired) electrons. The van der Waals surface area contributed by atoms with E-state index in [9.17, 15) is 0 Å². The molecule has 0 rings (SSSR count). The first-order valence-corrected chi connectivity index (χ1v) is 3.09. The van der Waals surface area contributed by atoms with Gasteiger partial charge in [-0.15, -0.1) is 0 Å². The van der Waals surface area contributed by atoms with Gasteiger partial charge in [0.2, 0.25) is 0 Å². The van der Waals surface area contributed by atoms with Crippen LogP contribution in [0.4, 0.5) is 0 Å². The highest BCUT2D eigenvalue weighted by molar-refractivity contribution is 6.33. The van der Waals surface area contributed by atoms with Crippen LogP contribution in [0.25, 0.3) is 0 Å². The second kappa shape index (κ2) is 3.99. The summed E-state index contributed by atoms with van der Waals surface area (Å²) in [7, 11) is 0. The molecule has 0 nitrogen and oxygen atoms in total. The minimum Gasteiger partial charge on any atom is -0.0929 e. The normalized spacial score (nSPS) is 10.0. The fraction of sp³-hybridized carbons (Fsp3) is 0.333. The minimum absolute atomic E-state index is 0.708. The van der Waals surface area contributed by atoms with E-state index in [1.165, 1.54) is 5.54 Å². The molecule has 0 aromatic rings. The average molecular weight is 151 g/mol. The summed E-state index contributed by atoms with van der Waals surface area (Å²) in [5.74, 6) is 0. The maximum Gasteiger partial charge on any atom is 0.0401 e. The third-order valence-electron chi connectivity index (χ3n) is 0.687. The van der Waals surface area contributed by atoms with E-state index in [-0.39, 0.29) is 0 Å². The van der Waals surface area contributed by atoms with Gasteiger partial charge in [0.1, 0.15) is 0 Å². The molecule has 0 N–H and O–H groups in total. The first-order valence-electron chi connectivity index (χ1n) is 2.28. The van der Waals surface area contributed by atoms with Gasteiger partial charge in [0.15, 0.2) is 0 Å². The molecule has 0 fully saturated rings. The third kappa shape index (κ3) is 3.11. The summed E-state index contributed by atoms with van der Waals surface area (Å²) in [4.78, 5) is 0. The Labute approximate surface area is 59.8 Å². The molecule has 0 aliphatic heterocycles. The Bertz CT molecular complexity index is 118. The summed E-state index contributed by atoms with van der Waals surface area (Å²) in [6.45, 7) is 3.86. The smallest absolute Gasteiger partial charge is 0.0401 e. The topological polar surface area (TPSA) is 0 Å². The van der Waals surface area contributed by atoms with E-state index in [4.69, 9.17) is 23.2 Å². The van der Waals surface area contributed by atoms with E-state index in [1.807, 2.05) is 13.8 Å². The maximum atomic E-state index is 5.62. The van der Waals surface area contributed by atoms with Crippen molar-refractivity contribution in [2.24, 2.45) is 0 Å². The van der Waals surface area contributed by atoms with Crippen LogP contribution in [0, 0.1) is 0 Å². The molecular weight excluding hydrogens is 143 g/mol. The van der Waals surface area contributed by atoms with Gasteiger partial charge in [0, 0.05) is 10.6 Å². The minimum atomic E-state index is 0.708. The maximum absolute atomic E-state index is 5.62. The first-order chi connectivity index (χ1) is 3.68. The molecule has 0 atom stereocenters. The summed E-state index contributed by atoms with van der Waals surface area (Å²) >= 11 is 10.9. The van der Waals surface area contributed by atoms with E-state index >= 15 is 0 Å². The summed E-state index contributed by atoms with van der Waals surface area (Å²) in [5, 5.41) is 0.708. The number of hydrogen-bond donors (Lipinski definition) is 0. The molecule has 0 bridgehead atoms. The van der Waals surface area contributed by atoms with E-state index < -0.39 is 0 Å². The zero-order chi connectivity index (χ0) is 6.57. The monoisotopic (exact) mass is 150 g/mol. The Morgan fingerprint density at radius 2 is 1.88 bits per heavy atom. The largest absolute Gasteiger partial charge is 0.0929 e. The molecule has 0 aliphatic carbocycles. The fourth-order valence-electron chi connectivity index (χ4n) is 0.222. The van der Waals surface area contributed by atoms with E-state index in [0.29, 0.717) is 5.03 Å². The SMILES string of the molecule is CC(C)=C(Cl)C=CCl. The number of rotatable bonds is 1. The highest BCUT2D eigenvalue weighted by Crippen LogP contribution is 2.09. The first kappa shape index (κ1) is 8.06. The summed E-state index contributed by atoms with van der Waals surface area (Å²) in [6.07, 6.45) is 1.65. The van der Waals surface area contributed by atoms with Crippen molar-refractivity contribution in [3.05, 3.63) is 22.2 Å². The van der Waals surface area contributed by atoms with Gasteiger partial charge in [-0.05, 0) is 19.9 Å². The molecule has 0 aromatic heterocycles. The summed E-state index contributed by atoms with van der Waals surface area (Å²) in [5.41, 5.74) is 2.47. The quantitative estimate of drug-likeness (QED) is 0.504. The van der Waals surface area contributed by atoms with Crippen LogP contribution in [-0.4, -0.2) is 0 Å². The van der Waals surface area contributed by atoms with Gasteiger partial charge < -0.3 is 0 Å². The predicted molar refractivity (Wildman–Crippen MR) is 39.2 cm³/mol. The average Bonchev–Trinajstić information content (AvgIpc) is 1.67.